The van der Waals surface area contributed by atoms with Crippen molar-refractivity contribution in [3.63, 3.8) is 0 Å². The topological polar surface area (TPSA) is 15.3 Å². The maximum absolute atomic E-state index is 6.16. The molecule has 1 rings (SSSR count). The zero-order chi connectivity index (χ0) is 12.7. The van der Waals surface area contributed by atoms with Gasteiger partial charge in [0.15, 0.2) is 0 Å². The van der Waals surface area contributed by atoms with Gasteiger partial charge in [0.05, 0.1) is 0 Å². The second-order valence-corrected chi connectivity index (χ2v) is 4.97. The molecule has 0 spiro atoms. The van der Waals surface area contributed by atoms with Crippen molar-refractivity contribution in [2.75, 3.05) is 20.1 Å². The Labute approximate surface area is 110 Å². The monoisotopic (exact) mass is 254 g/mol. The summed E-state index contributed by atoms with van der Waals surface area (Å²) >= 11 is 6.16. The smallest absolute Gasteiger partial charge is 0.0451 e. The van der Waals surface area contributed by atoms with Crippen LogP contribution in [0.5, 0.6) is 0 Å². The molecule has 1 unspecified atom stereocenters. The van der Waals surface area contributed by atoms with Crippen LogP contribution in [-0.4, -0.2) is 31.1 Å². The summed E-state index contributed by atoms with van der Waals surface area (Å²) in [7, 11) is 2.14. The molecule has 1 aromatic rings. The predicted octanol–water partition coefficient (Wildman–Crippen LogP) is 3.16. The average Bonchev–Trinajstić information content (AvgIpc) is 2.32. The van der Waals surface area contributed by atoms with Crippen molar-refractivity contribution in [1.29, 1.82) is 0 Å². The van der Waals surface area contributed by atoms with Gasteiger partial charge in [0.25, 0.3) is 0 Å². The number of likely N-dealkylation sites (N-methyl/N-ethyl adjacent to an activating group) is 1. The molecule has 1 N–H and O–H groups in total. The van der Waals surface area contributed by atoms with Crippen molar-refractivity contribution in [2.45, 2.75) is 32.9 Å². The fourth-order valence-corrected chi connectivity index (χ4v) is 1.89. The Balaban J connectivity index is 2.43. The lowest BCUT2D eigenvalue weighted by Crippen LogP contribution is -2.37. The van der Waals surface area contributed by atoms with Crippen LogP contribution in [-0.2, 0) is 6.54 Å². The largest absolute Gasteiger partial charge is 0.315 e. The van der Waals surface area contributed by atoms with E-state index in [0.717, 1.165) is 24.7 Å². The molecule has 17 heavy (non-hydrogen) atoms. The highest BCUT2D eigenvalue weighted by molar-refractivity contribution is 6.31. The summed E-state index contributed by atoms with van der Waals surface area (Å²) in [5, 5.41) is 4.30. The number of nitrogens with zero attached hydrogens (tertiary/aromatic N) is 1. The van der Waals surface area contributed by atoms with E-state index in [2.05, 4.69) is 37.2 Å². The van der Waals surface area contributed by atoms with E-state index in [-0.39, 0.29) is 0 Å². The van der Waals surface area contributed by atoms with Gasteiger partial charge in [0.2, 0.25) is 0 Å². The Morgan fingerprint density at radius 2 is 2.06 bits per heavy atom. The minimum atomic E-state index is 0.512. The summed E-state index contributed by atoms with van der Waals surface area (Å²) in [4.78, 5) is 2.32. The van der Waals surface area contributed by atoms with Gasteiger partial charge >= 0.3 is 0 Å². The van der Waals surface area contributed by atoms with Gasteiger partial charge in [-0.05, 0) is 38.6 Å². The molecule has 0 bridgehead atoms. The summed E-state index contributed by atoms with van der Waals surface area (Å²) in [5.41, 5.74) is 1.19. The molecule has 0 amide bonds. The van der Waals surface area contributed by atoms with Gasteiger partial charge in [-0.25, -0.2) is 0 Å². The Bertz CT molecular complexity index is 328. The zero-order valence-electron chi connectivity index (χ0n) is 11.0. The second-order valence-electron chi connectivity index (χ2n) is 4.56. The Kier molecular flexibility index (Phi) is 6.56. The highest BCUT2D eigenvalue weighted by atomic mass is 35.5. The molecular weight excluding hydrogens is 232 g/mol. The maximum Gasteiger partial charge on any atom is 0.0451 e. The number of rotatable bonds is 7. The lowest BCUT2D eigenvalue weighted by molar-refractivity contribution is 0.243. The third kappa shape index (κ3) is 5.07. The van der Waals surface area contributed by atoms with Crippen LogP contribution in [0.1, 0.15) is 25.8 Å². The zero-order valence-corrected chi connectivity index (χ0v) is 11.8. The Hall–Kier alpha value is -0.570. The van der Waals surface area contributed by atoms with Gasteiger partial charge in [-0.3, -0.25) is 4.90 Å². The normalized spacial score (nSPS) is 13.0. The van der Waals surface area contributed by atoms with Gasteiger partial charge in [-0.2, -0.15) is 0 Å². The van der Waals surface area contributed by atoms with Gasteiger partial charge in [0.1, 0.15) is 0 Å². The number of benzene rings is 1. The summed E-state index contributed by atoms with van der Waals surface area (Å²) in [5.74, 6) is 0. The Morgan fingerprint density at radius 1 is 1.35 bits per heavy atom. The van der Waals surface area contributed by atoms with Crippen molar-refractivity contribution < 1.29 is 0 Å². The minimum Gasteiger partial charge on any atom is -0.315 e. The van der Waals surface area contributed by atoms with Crippen LogP contribution in [0.4, 0.5) is 0 Å². The number of hydrogen-bond donors (Lipinski definition) is 1. The highest BCUT2D eigenvalue weighted by Gasteiger charge is 2.10. The van der Waals surface area contributed by atoms with Crippen LogP contribution in [0, 0.1) is 0 Å². The molecule has 1 aromatic carbocycles. The summed E-state index contributed by atoms with van der Waals surface area (Å²) < 4.78 is 0. The van der Waals surface area contributed by atoms with E-state index < -0.39 is 0 Å². The van der Waals surface area contributed by atoms with Crippen LogP contribution in [0.15, 0.2) is 24.3 Å². The van der Waals surface area contributed by atoms with Crippen LogP contribution >= 0.6 is 11.6 Å². The van der Waals surface area contributed by atoms with Crippen molar-refractivity contribution >= 4 is 11.6 Å². The molecular formula is C14H23ClN2. The molecule has 0 aliphatic carbocycles. The van der Waals surface area contributed by atoms with E-state index in [9.17, 15) is 0 Å². The molecule has 2 nitrogen and oxygen atoms in total. The van der Waals surface area contributed by atoms with Gasteiger partial charge < -0.3 is 5.32 Å². The molecule has 0 aliphatic rings. The molecule has 0 saturated heterocycles. The van der Waals surface area contributed by atoms with E-state index in [1.807, 2.05) is 18.2 Å². The number of nitrogens with one attached hydrogen (secondary N) is 1. The molecule has 0 radical (unpaired) electrons. The standard InChI is InChI=1S/C14H23ClN2/c1-4-9-16-10-12(2)17(3)11-13-7-5-6-8-14(13)15/h5-8,12,16H,4,9-11H2,1-3H3. The number of halogens is 1. The molecule has 0 aromatic heterocycles. The van der Waals surface area contributed by atoms with E-state index >= 15 is 0 Å². The fourth-order valence-electron chi connectivity index (χ4n) is 1.69. The maximum atomic E-state index is 6.16. The number of hydrogen-bond acceptors (Lipinski definition) is 2. The van der Waals surface area contributed by atoms with E-state index in [4.69, 9.17) is 11.6 Å². The molecule has 0 fully saturated rings. The highest BCUT2D eigenvalue weighted by Crippen LogP contribution is 2.17. The van der Waals surface area contributed by atoms with Crippen molar-refractivity contribution in [1.82, 2.24) is 10.2 Å². The SMILES string of the molecule is CCCNCC(C)N(C)Cc1ccccc1Cl. The minimum absolute atomic E-state index is 0.512. The third-order valence-corrected chi connectivity index (χ3v) is 3.37. The quantitative estimate of drug-likeness (QED) is 0.752. The van der Waals surface area contributed by atoms with Crippen molar-refractivity contribution in [3.8, 4) is 0 Å². The summed E-state index contributed by atoms with van der Waals surface area (Å²) in [6, 6.07) is 8.56. The van der Waals surface area contributed by atoms with Crippen LogP contribution in [0.2, 0.25) is 5.02 Å². The summed E-state index contributed by atoms with van der Waals surface area (Å²) in [6.07, 6.45) is 1.18. The van der Waals surface area contributed by atoms with Crippen LogP contribution in [0.25, 0.3) is 0 Å². The molecule has 3 heteroatoms. The first-order chi connectivity index (χ1) is 8.15. The average molecular weight is 255 g/mol. The lowest BCUT2D eigenvalue weighted by Gasteiger charge is -2.25. The van der Waals surface area contributed by atoms with Gasteiger partial charge in [0, 0.05) is 24.2 Å². The van der Waals surface area contributed by atoms with Crippen LogP contribution in [0.3, 0.4) is 0 Å². The Morgan fingerprint density at radius 3 is 2.71 bits per heavy atom. The van der Waals surface area contributed by atoms with Crippen molar-refractivity contribution in [3.05, 3.63) is 34.9 Å². The third-order valence-electron chi connectivity index (χ3n) is 3.00. The first-order valence-corrected chi connectivity index (χ1v) is 6.67. The lowest BCUT2D eigenvalue weighted by atomic mass is 10.2. The summed E-state index contributed by atoms with van der Waals surface area (Å²) in [6.45, 7) is 7.43. The molecule has 0 aliphatic heterocycles. The molecule has 1 atom stereocenters. The second kappa shape index (κ2) is 7.70. The van der Waals surface area contributed by atoms with E-state index in [1.165, 1.54) is 12.0 Å². The predicted molar refractivity (Wildman–Crippen MR) is 75.5 cm³/mol. The van der Waals surface area contributed by atoms with E-state index in [1.54, 1.807) is 0 Å². The molecule has 0 saturated carbocycles. The fraction of sp³-hybridized carbons (Fsp3) is 0.571. The molecule has 0 heterocycles. The molecule has 96 valence electrons. The van der Waals surface area contributed by atoms with Gasteiger partial charge in [-0.15, -0.1) is 0 Å². The first kappa shape index (κ1) is 14.5. The van der Waals surface area contributed by atoms with Crippen LogP contribution < -0.4 is 5.32 Å². The van der Waals surface area contributed by atoms with Crippen molar-refractivity contribution in [2.24, 2.45) is 0 Å². The first-order valence-electron chi connectivity index (χ1n) is 6.29. The van der Waals surface area contributed by atoms with Gasteiger partial charge in [-0.1, -0.05) is 36.7 Å². The van der Waals surface area contributed by atoms with E-state index in [0.29, 0.717) is 6.04 Å².